The molecule has 5 heteroatoms. The van der Waals surface area contributed by atoms with Gasteiger partial charge in [0.05, 0.1) is 18.2 Å². The van der Waals surface area contributed by atoms with Crippen molar-refractivity contribution in [3.8, 4) is 11.4 Å². The van der Waals surface area contributed by atoms with Gasteiger partial charge < -0.3 is 14.9 Å². The Morgan fingerprint density at radius 3 is 2.67 bits per heavy atom. The Labute approximate surface area is 107 Å². The van der Waals surface area contributed by atoms with Gasteiger partial charge in [0.15, 0.2) is 0 Å². The molecule has 1 saturated carbocycles. The van der Waals surface area contributed by atoms with Gasteiger partial charge in [-0.1, -0.05) is 13.8 Å². The van der Waals surface area contributed by atoms with Crippen molar-refractivity contribution in [2.24, 2.45) is 7.05 Å². The van der Waals surface area contributed by atoms with Crippen LogP contribution in [0.2, 0.25) is 0 Å². The van der Waals surface area contributed by atoms with Gasteiger partial charge in [-0.3, -0.25) is 0 Å². The Morgan fingerprint density at radius 1 is 1.39 bits per heavy atom. The maximum absolute atomic E-state index is 6.18. The summed E-state index contributed by atoms with van der Waals surface area (Å²) in [7, 11) is 1.97. The van der Waals surface area contributed by atoms with Gasteiger partial charge in [-0.25, -0.2) is 9.97 Å². The summed E-state index contributed by atoms with van der Waals surface area (Å²) >= 11 is 0. The molecule has 2 aromatic rings. The van der Waals surface area contributed by atoms with E-state index in [0.29, 0.717) is 12.0 Å². The molecule has 2 aromatic heterocycles. The van der Waals surface area contributed by atoms with E-state index in [0.717, 1.165) is 23.0 Å². The van der Waals surface area contributed by atoms with Crippen LogP contribution in [0.4, 0.5) is 5.82 Å². The molecular formula is C13H19N5. The molecule has 0 aromatic carbocycles. The van der Waals surface area contributed by atoms with E-state index < -0.39 is 0 Å². The summed E-state index contributed by atoms with van der Waals surface area (Å²) in [5.41, 5.74) is 8.09. The Bertz CT molecular complexity index is 574. The predicted molar refractivity (Wildman–Crippen MR) is 71.2 cm³/mol. The first kappa shape index (κ1) is 11.3. The van der Waals surface area contributed by atoms with Gasteiger partial charge in [0.1, 0.15) is 17.3 Å². The first-order valence-electron chi connectivity index (χ1n) is 6.44. The van der Waals surface area contributed by atoms with E-state index in [1.54, 1.807) is 0 Å². The molecular weight excluding hydrogens is 226 g/mol. The minimum absolute atomic E-state index is 0.364. The number of rotatable bonds is 3. The third-order valence-corrected chi connectivity index (χ3v) is 3.54. The highest BCUT2D eigenvalue weighted by atomic mass is 15.2. The molecule has 1 fully saturated rings. The van der Waals surface area contributed by atoms with Crippen LogP contribution in [0.5, 0.6) is 0 Å². The molecule has 0 atom stereocenters. The zero-order chi connectivity index (χ0) is 12.9. The molecule has 2 heterocycles. The standard InChI is InChI=1S/C13H19N5/c1-8(2)13-16-11(12(14)17(13)3)10-6-15-7-18(10)9-4-5-9/h6-9H,4-5,14H2,1-3H3. The fourth-order valence-electron chi connectivity index (χ4n) is 2.37. The molecule has 3 rings (SSSR count). The number of imidazole rings is 2. The summed E-state index contributed by atoms with van der Waals surface area (Å²) in [6.07, 6.45) is 6.21. The van der Waals surface area contributed by atoms with Gasteiger partial charge in [0.2, 0.25) is 0 Å². The van der Waals surface area contributed by atoms with Crippen LogP contribution in [0.1, 0.15) is 44.5 Å². The topological polar surface area (TPSA) is 61.7 Å². The van der Waals surface area contributed by atoms with E-state index in [9.17, 15) is 0 Å². The number of nitrogens with zero attached hydrogens (tertiary/aromatic N) is 4. The minimum atomic E-state index is 0.364. The van der Waals surface area contributed by atoms with Gasteiger partial charge in [0.25, 0.3) is 0 Å². The van der Waals surface area contributed by atoms with Crippen LogP contribution < -0.4 is 5.73 Å². The number of nitrogens with two attached hydrogens (primary N) is 1. The van der Waals surface area contributed by atoms with Crippen molar-refractivity contribution in [2.45, 2.75) is 38.6 Å². The Balaban J connectivity index is 2.11. The van der Waals surface area contributed by atoms with Gasteiger partial charge in [-0.05, 0) is 12.8 Å². The lowest BCUT2D eigenvalue weighted by atomic mass is 10.2. The maximum Gasteiger partial charge on any atom is 0.133 e. The maximum atomic E-state index is 6.18. The zero-order valence-electron chi connectivity index (χ0n) is 11.1. The molecule has 18 heavy (non-hydrogen) atoms. The second kappa shape index (κ2) is 3.86. The first-order chi connectivity index (χ1) is 8.59. The summed E-state index contributed by atoms with van der Waals surface area (Å²) in [5.74, 6) is 2.11. The van der Waals surface area contributed by atoms with Crippen LogP contribution in [-0.2, 0) is 7.05 Å². The molecule has 0 bridgehead atoms. The number of hydrogen-bond donors (Lipinski definition) is 1. The second-order valence-corrected chi connectivity index (χ2v) is 5.33. The van der Waals surface area contributed by atoms with Crippen LogP contribution in [-0.4, -0.2) is 19.1 Å². The molecule has 0 saturated heterocycles. The van der Waals surface area contributed by atoms with Gasteiger partial charge in [-0.15, -0.1) is 0 Å². The molecule has 96 valence electrons. The van der Waals surface area contributed by atoms with Crippen molar-refractivity contribution in [3.05, 3.63) is 18.3 Å². The largest absolute Gasteiger partial charge is 0.383 e. The summed E-state index contributed by atoms with van der Waals surface area (Å²) in [4.78, 5) is 8.94. The van der Waals surface area contributed by atoms with E-state index in [-0.39, 0.29) is 0 Å². The van der Waals surface area contributed by atoms with Gasteiger partial charge >= 0.3 is 0 Å². The summed E-state index contributed by atoms with van der Waals surface area (Å²) in [5, 5.41) is 0. The molecule has 5 nitrogen and oxygen atoms in total. The lowest BCUT2D eigenvalue weighted by molar-refractivity contribution is 0.714. The summed E-state index contributed by atoms with van der Waals surface area (Å²) in [6, 6.07) is 0.589. The molecule has 2 N–H and O–H groups in total. The highest BCUT2D eigenvalue weighted by molar-refractivity contribution is 5.68. The monoisotopic (exact) mass is 245 g/mol. The number of anilines is 1. The fraction of sp³-hybridized carbons (Fsp3) is 0.538. The van der Waals surface area contributed by atoms with E-state index in [1.807, 2.05) is 24.1 Å². The van der Waals surface area contributed by atoms with Crippen LogP contribution in [0.3, 0.4) is 0 Å². The highest BCUT2D eigenvalue weighted by Gasteiger charge is 2.27. The van der Waals surface area contributed by atoms with E-state index in [4.69, 9.17) is 10.7 Å². The lowest BCUT2D eigenvalue weighted by Gasteiger charge is -2.05. The smallest absolute Gasteiger partial charge is 0.133 e. The third kappa shape index (κ3) is 1.62. The first-order valence-corrected chi connectivity index (χ1v) is 6.44. The molecule has 0 aliphatic heterocycles. The molecule has 0 radical (unpaired) electrons. The average molecular weight is 245 g/mol. The van der Waals surface area contributed by atoms with Crippen molar-refractivity contribution in [1.29, 1.82) is 0 Å². The van der Waals surface area contributed by atoms with Crippen LogP contribution >= 0.6 is 0 Å². The molecule has 1 aliphatic carbocycles. The SMILES string of the molecule is CC(C)c1nc(-c2cncn2C2CC2)c(N)n1C. The molecule has 0 amide bonds. The molecule has 0 spiro atoms. The lowest BCUT2D eigenvalue weighted by Crippen LogP contribution is -2.03. The van der Waals surface area contributed by atoms with E-state index in [2.05, 4.69) is 23.4 Å². The number of nitrogen functional groups attached to an aromatic ring is 1. The predicted octanol–water partition coefficient (Wildman–Crippen LogP) is 2.32. The van der Waals surface area contributed by atoms with Crippen LogP contribution in [0.25, 0.3) is 11.4 Å². The summed E-state index contributed by atoms with van der Waals surface area (Å²) < 4.78 is 4.17. The minimum Gasteiger partial charge on any atom is -0.383 e. The Hall–Kier alpha value is -1.78. The quantitative estimate of drug-likeness (QED) is 0.902. The fourth-order valence-corrected chi connectivity index (χ4v) is 2.37. The number of aromatic nitrogens is 4. The molecule has 1 aliphatic rings. The van der Waals surface area contributed by atoms with Crippen molar-refractivity contribution >= 4 is 5.82 Å². The highest BCUT2D eigenvalue weighted by Crippen LogP contribution is 2.39. The average Bonchev–Trinajstić information content (AvgIpc) is 2.99. The van der Waals surface area contributed by atoms with Crippen molar-refractivity contribution in [3.63, 3.8) is 0 Å². The van der Waals surface area contributed by atoms with E-state index in [1.165, 1.54) is 12.8 Å². The van der Waals surface area contributed by atoms with Crippen molar-refractivity contribution in [1.82, 2.24) is 19.1 Å². The van der Waals surface area contributed by atoms with Gasteiger partial charge in [0, 0.05) is 19.0 Å². The third-order valence-electron chi connectivity index (χ3n) is 3.54. The summed E-state index contributed by atoms with van der Waals surface area (Å²) in [6.45, 7) is 4.26. The second-order valence-electron chi connectivity index (χ2n) is 5.33. The van der Waals surface area contributed by atoms with E-state index >= 15 is 0 Å². The van der Waals surface area contributed by atoms with Crippen molar-refractivity contribution in [2.75, 3.05) is 5.73 Å². The Kier molecular flexibility index (Phi) is 2.43. The number of hydrogen-bond acceptors (Lipinski definition) is 3. The van der Waals surface area contributed by atoms with Crippen LogP contribution in [0, 0.1) is 0 Å². The normalized spacial score (nSPS) is 15.6. The zero-order valence-corrected chi connectivity index (χ0v) is 11.1. The van der Waals surface area contributed by atoms with Crippen molar-refractivity contribution < 1.29 is 0 Å². The Morgan fingerprint density at radius 2 is 2.11 bits per heavy atom. The van der Waals surface area contributed by atoms with Crippen LogP contribution in [0.15, 0.2) is 12.5 Å². The van der Waals surface area contributed by atoms with Gasteiger partial charge in [-0.2, -0.15) is 0 Å². The molecule has 0 unspecified atom stereocenters.